The van der Waals surface area contributed by atoms with Gasteiger partial charge in [0.2, 0.25) is 0 Å². The second kappa shape index (κ2) is 15.4. The summed E-state index contributed by atoms with van der Waals surface area (Å²) in [6.07, 6.45) is 4.10. The molecule has 4 aromatic carbocycles. The van der Waals surface area contributed by atoms with E-state index in [0.717, 1.165) is 61.2 Å². The van der Waals surface area contributed by atoms with Crippen LogP contribution in [0.1, 0.15) is 65.0 Å². The van der Waals surface area contributed by atoms with Crippen molar-refractivity contribution in [1.82, 2.24) is 4.98 Å². The summed E-state index contributed by atoms with van der Waals surface area (Å²) in [6.45, 7) is 8.59. The Labute approximate surface area is 330 Å². The summed E-state index contributed by atoms with van der Waals surface area (Å²) in [5.41, 5.74) is 6.06. The summed E-state index contributed by atoms with van der Waals surface area (Å²) in [5, 5.41) is 6.55. The molecule has 0 aliphatic carbocycles. The van der Waals surface area contributed by atoms with Gasteiger partial charge in [-0.3, -0.25) is 14.4 Å². The zero-order valence-corrected chi connectivity index (χ0v) is 32.1. The van der Waals surface area contributed by atoms with E-state index in [4.69, 9.17) is 9.72 Å². The van der Waals surface area contributed by atoms with Crippen LogP contribution in [0, 0.1) is 24.0 Å². The van der Waals surface area contributed by atoms with Crippen LogP contribution in [-0.2, 0) is 9.53 Å². The Kier molecular flexibility index (Phi) is 10.2. The fourth-order valence-electron chi connectivity index (χ4n) is 8.08. The number of aryl methyl sites for hydroxylation is 1. The highest BCUT2D eigenvalue weighted by Gasteiger charge is 2.45. The van der Waals surface area contributed by atoms with E-state index >= 15 is 0 Å². The molecule has 2 fully saturated rings. The van der Waals surface area contributed by atoms with Crippen LogP contribution in [0.25, 0.3) is 16.5 Å². The second-order valence-electron chi connectivity index (χ2n) is 15.3. The van der Waals surface area contributed by atoms with E-state index in [9.17, 15) is 23.2 Å². The van der Waals surface area contributed by atoms with Gasteiger partial charge in [-0.1, -0.05) is 36.4 Å². The predicted octanol–water partition coefficient (Wildman–Crippen LogP) is 9.10. The van der Waals surface area contributed by atoms with Crippen LogP contribution >= 0.6 is 0 Å². The molecule has 57 heavy (non-hydrogen) atoms. The lowest BCUT2D eigenvalue weighted by molar-refractivity contribution is -0.112. The number of amides is 3. The van der Waals surface area contributed by atoms with Gasteiger partial charge in [-0.25, -0.2) is 13.8 Å². The average molecular weight is 768 g/mol. The number of fused-ring (bicyclic) bond motifs is 2. The second-order valence-corrected chi connectivity index (χ2v) is 15.3. The first-order valence-corrected chi connectivity index (χ1v) is 19.2. The summed E-state index contributed by atoms with van der Waals surface area (Å²) in [5.74, 6) is -1.47. The third kappa shape index (κ3) is 7.55. The van der Waals surface area contributed by atoms with Crippen LogP contribution in [0.4, 0.5) is 31.7 Å². The van der Waals surface area contributed by atoms with Crippen LogP contribution in [0.15, 0.2) is 108 Å². The molecule has 1 spiro atoms. The number of allylic oxidation sites excluding steroid dienone is 2. The molecule has 3 aliphatic rings. The van der Waals surface area contributed by atoms with E-state index in [1.165, 1.54) is 18.2 Å². The van der Waals surface area contributed by atoms with Crippen molar-refractivity contribution in [2.75, 3.05) is 53.3 Å². The molecule has 2 saturated heterocycles. The van der Waals surface area contributed by atoms with E-state index in [1.807, 2.05) is 37.3 Å². The van der Waals surface area contributed by atoms with Crippen molar-refractivity contribution >= 4 is 57.1 Å². The highest BCUT2D eigenvalue weighted by molar-refractivity contribution is 6.11. The SMILES string of the molecule is CC1=C(/C=C(\C)C(=O)Nc2c(C)cccc2F)CCN(C(=O)c2ccc(NC(=O)c3cc4ccccc4nc3N3CC4(CCOCC4)C3)cc2)c2cc(F)ccc21. The molecule has 4 heterocycles. The molecule has 1 aromatic heterocycles. The van der Waals surface area contributed by atoms with Gasteiger partial charge < -0.3 is 25.2 Å². The summed E-state index contributed by atoms with van der Waals surface area (Å²) in [7, 11) is 0. The number of aromatic nitrogens is 1. The lowest BCUT2D eigenvalue weighted by Crippen LogP contribution is -2.59. The number of carbonyl (C=O) groups is 3. The van der Waals surface area contributed by atoms with Gasteiger partial charge in [0, 0.05) is 66.0 Å². The maximum atomic E-state index is 14.8. The number of ether oxygens (including phenoxy) is 1. The highest BCUT2D eigenvalue weighted by Crippen LogP contribution is 2.43. The number of rotatable bonds is 7. The van der Waals surface area contributed by atoms with Crippen molar-refractivity contribution in [1.29, 1.82) is 0 Å². The van der Waals surface area contributed by atoms with Crippen LogP contribution in [0.5, 0.6) is 0 Å². The van der Waals surface area contributed by atoms with Crippen molar-refractivity contribution < 1.29 is 27.9 Å². The Morgan fingerprint density at radius 2 is 1.63 bits per heavy atom. The number of nitrogens with one attached hydrogen (secondary N) is 2. The minimum absolute atomic E-state index is 0.121. The monoisotopic (exact) mass is 767 g/mol. The molecule has 0 atom stereocenters. The number of carbonyl (C=O) groups excluding carboxylic acids is 3. The number of benzene rings is 4. The minimum Gasteiger partial charge on any atom is -0.381 e. The van der Waals surface area contributed by atoms with Gasteiger partial charge in [-0.15, -0.1) is 0 Å². The molecule has 8 rings (SSSR count). The Bertz CT molecular complexity index is 2460. The Morgan fingerprint density at radius 1 is 0.877 bits per heavy atom. The standard InChI is InChI=1S/C46H43F2N5O4/c1-28-7-6-9-38(48)41(28)51-43(54)29(2)23-32-17-20-53(40-25-34(47)13-16-36(40)30(32)3)45(56)31-11-14-35(15-12-31)49-44(55)37-24-33-8-4-5-10-39(33)50-42(37)52-26-46(27-52)18-21-57-22-19-46/h4-16,23-25H,17-22,26-27H2,1-3H3,(H,49,55)(H,51,54)/b29-23+. The fraction of sp³-hybridized carbons (Fsp3) is 0.261. The van der Waals surface area contributed by atoms with Crippen molar-refractivity contribution in [3.8, 4) is 0 Å². The quantitative estimate of drug-likeness (QED) is 0.160. The zero-order valence-electron chi connectivity index (χ0n) is 32.1. The Balaban J connectivity index is 1.00. The van der Waals surface area contributed by atoms with Gasteiger partial charge in [0.15, 0.2) is 0 Å². The number of pyridine rings is 1. The first-order chi connectivity index (χ1) is 27.5. The summed E-state index contributed by atoms with van der Waals surface area (Å²) < 4.78 is 34.8. The van der Waals surface area contributed by atoms with E-state index in [0.29, 0.717) is 51.4 Å². The maximum absolute atomic E-state index is 14.8. The molecule has 2 N–H and O–H groups in total. The van der Waals surface area contributed by atoms with E-state index < -0.39 is 17.5 Å². The summed E-state index contributed by atoms with van der Waals surface area (Å²) in [4.78, 5) is 49.9. The molecule has 9 nitrogen and oxygen atoms in total. The fourth-order valence-corrected chi connectivity index (χ4v) is 8.08. The predicted molar refractivity (Wildman–Crippen MR) is 220 cm³/mol. The van der Waals surface area contributed by atoms with Gasteiger partial charge >= 0.3 is 0 Å². The van der Waals surface area contributed by atoms with Crippen LogP contribution < -0.4 is 20.4 Å². The van der Waals surface area contributed by atoms with Crippen molar-refractivity contribution in [2.45, 2.75) is 40.0 Å². The van der Waals surface area contributed by atoms with Gasteiger partial charge in [-0.2, -0.15) is 0 Å². The molecule has 3 aliphatic heterocycles. The van der Waals surface area contributed by atoms with Gasteiger partial charge in [0.25, 0.3) is 17.7 Å². The third-order valence-corrected chi connectivity index (χ3v) is 11.4. The number of hydrogen-bond acceptors (Lipinski definition) is 6. The van der Waals surface area contributed by atoms with Crippen molar-refractivity contribution in [2.24, 2.45) is 5.41 Å². The van der Waals surface area contributed by atoms with E-state index in [-0.39, 0.29) is 29.5 Å². The van der Waals surface area contributed by atoms with Crippen LogP contribution in [0.2, 0.25) is 0 Å². The maximum Gasteiger partial charge on any atom is 0.259 e. The lowest BCUT2D eigenvalue weighted by Gasteiger charge is -2.53. The Hall–Kier alpha value is -6.20. The van der Waals surface area contributed by atoms with Crippen molar-refractivity contribution in [3.63, 3.8) is 0 Å². The topological polar surface area (TPSA) is 104 Å². The van der Waals surface area contributed by atoms with Crippen LogP contribution in [-0.4, -0.2) is 55.6 Å². The van der Waals surface area contributed by atoms with E-state index in [1.54, 1.807) is 67.3 Å². The first kappa shape index (κ1) is 37.7. The molecular weight excluding hydrogens is 725 g/mol. The number of hydrogen-bond donors (Lipinski definition) is 2. The summed E-state index contributed by atoms with van der Waals surface area (Å²) >= 11 is 0. The largest absolute Gasteiger partial charge is 0.381 e. The van der Waals surface area contributed by atoms with Gasteiger partial charge in [0.05, 0.1) is 22.5 Å². The molecule has 0 radical (unpaired) electrons. The molecular formula is C46H43F2N5O4. The minimum atomic E-state index is -0.524. The number of halogens is 2. The molecule has 0 bridgehead atoms. The molecule has 0 unspecified atom stereocenters. The van der Waals surface area contributed by atoms with Gasteiger partial charge in [-0.05, 0) is 117 Å². The number of anilines is 4. The lowest BCUT2D eigenvalue weighted by atomic mass is 9.73. The molecule has 3 amide bonds. The third-order valence-electron chi connectivity index (χ3n) is 11.4. The highest BCUT2D eigenvalue weighted by atomic mass is 19.1. The number of nitrogens with zero attached hydrogens (tertiary/aromatic N) is 3. The van der Waals surface area contributed by atoms with Crippen molar-refractivity contribution in [3.05, 3.63) is 142 Å². The molecule has 290 valence electrons. The van der Waals surface area contributed by atoms with Gasteiger partial charge in [0.1, 0.15) is 17.5 Å². The smallest absolute Gasteiger partial charge is 0.259 e. The average Bonchev–Trinajstić information content (AvgIpc) is 3.33. The number of para-hydroxylation sites is 2. The molecule has 5 aromatic rings. The normalized spacial score (nSPS) is 16.5. The molecule has 11 heteroatoms. The van der Waals surface area contributed by atoms with Crippen LogP contribution in [0.3, 0.4) is 0 Å². The first-order valence-electron chi connectivity index (χ1n) is 19.2. The van der Waals surface area contributed by atoms with E-state index in [2.05, 4.69) is 15.5 Å². The molecule has 0 saturated carbocycles. The summed E-state index contributed by atoms with van der Waals surface area (Å²) in [6, 6.07) is 25.2. The Morgan fingerprint density at radius 3 is 2.39 bits per heavy atom. The zero-order chi connectivity index (χ0) is 39.8.